The summed E-state index contributed by atoms with van der Waals surface area (Å²) in [5.41, 5.74) is 3.46. The molecule has 0 fully saturated rings. The van der Waals surface area contributed by atoms with Gasteiger partial charge in [0.2, 0.25) is 0 Å². The maximum absolute atomic E-state index is 4.33. The molecule has 98 valence electrons. The van der Waals surface area contributed by atoms with E-state index in [1.807, 2.05) is 17.9 Å². The zero-order valence-corrected chi connectivity index (χ0v) is 12.1. The van der Waals surface area contributed by atoms with Crippen molar-refractivity contribution in [2.75, 3.05) is 6.54 Å². The van der Waals surface area contributed by atoms with Crippen LogP contribution >= 0.6 is 11.5 Å². The quantitative estimate of drug-likeness (QED) is 0.896. The Balaban J connectivity index is 2.46. The number of rotatable bonds is 5. The van der Waals surface area contributed by atoms with Crippen LogP contribution in [0.25, 0.3) is 0 Å². The summed E-state index contributed by atoms with van der Waals surface area (Å²) in [5.74, 6) is 0. The minimum absolute atomic E-state index is 0.137. The van der Waals surface area contributed by atoms with E-state index in [-0.39, 0.29) is 6.04 Å². The van der Waals surface area contributed by atoms with Crippen molar-refractivity contribution in [1.82, 2.24) is 24.7 Å². The number of nitrogens with one attached hydrogen (secondary N) is 1. The first kappa shape index (κ1) is 13.2. The van der Waals surface area contributed by atoms with Crippen molar-refractivity contribution in [2.24, 2.45) is 7.05 Å². The van der Waals surface area contributed by atoms with Crippen LogP contribution in [0.15, 0.2) is 6.20 Å². The molecule has 0 aliphatic carbocycles. The first-order valence-corrected chi connectivity index (χ1v) is 6.99. The summed E-state index contributed by atoms with van der Waals surface area (Å²) in [6.07, 6.45) is 2.81. The van der Waals surface area contributed by atoms with E-state index >= 15 is 0 Å². The van der Waals surface area contributed by atoms with Gasteiger partial charge < -0.3 is 5.32 Å². The highest BCUT2D eigenvalue weighted by Gasteiger charge is 2.24. The number of nitrogens with zero attached hydrogens (tertiary/aromatic N) is 4. The number of aryl methyl sites for hydroxylation is 3. The largest absolute Gasteiger partial charge is 0.304 e. The molecular formula is C12H19N5S. The number of hydrogen-bond acceptors (Lipinski definition) is 5. The lowest BCUT2D eigenvalue weighted by Gasteiger charge is -2.18. The minimum Gasteiger partial charge on any atom is -0.304 e. The second-order valence-electron chi connectivity index (χ2n) is 4.26. The Morgan fingerprint density at radius 1 is 1.44 bits per heavy atom. The predicted molar refractivity (Wildman–Crippen MR) is 72.8 cm³/mol. The monoisotopic (exact) mass is 265 g/mol. The molecule has 0 aliphatic heterocycles. The van der Waals surface area contributed by atoms with Gasteiger partial charge in [-0.1, -0.05) is 18.3 Å². The molecule has 0 spiro atoms. The van der Waals surface area contributed by atoms with Crippen LogP contribution in [0.3, 0.4) is 0 Å². The van der Waals surface area contributed by atoms with Gasteiger partial charge in [0.25, 0.3) is 0 Å². The smallest absolute Gasteiger partial charge is 0.0879 e. The Morgan fingerprint density at radius 2 is 2.22 bits per heavy atom. The SMILES string of the molecule is CCNC(c1snnc1CC)c1c(C)cnn1C. The average Bonchev–Trinajstić information content (AvgIpc) is 2.94. The molecule has 0 aromatic carbocycles. The third kappa shape index (κ3) is 2.30. The van der Waals surface area contributed by atoms with Gasteiger partial charge in [-0.05, 0) is 37.0 Å². The van der Waals surface area contributed by atoms with Gasteiger partial charge in [-0.25, -0.2) is 0 Å². The zero-order valence-electron chi connectivity index (χ0n) is 11.3. The second-order valence-corrected chi connectivity index (χ2v) is 5.05. The van der Waals surface area contributed by atoms with Gasteiger partial charge in [-0.2, -0.15) is 5.10 Å². The summed E-state index contributed by atoms with van der Waals surface area (Å²) in [6, 6.07) is 0.137. The second kappa shape index (κ2) is 5.58. The maximum atomic E-state index is 4.33. The highest BCUT2D eigenvalue weighted by Crippen LogP contribution is 2.28. The van der Waals surface area contributed by atoms with Crippen molar-refractivity contribution in [2.45, 2.75) is 33.2 Å². The van der Waals surface area contributed by atoms with Gasteiger partial charge in [0.05, 0.1) is 28.5 Å². The lowest BCUT2D eigenvalue weighted by molar-refractivity contribution is 0.572. The van der Waals surface area contributed by atoms with Crippen LogP contribution in [0.5, 0.6) is 0 Å². The molecule has 2 aromatic rings. The Labute approximate surface area is 111 Å². The fourth-order valence-corrected chi connectivity index (χ4v) is 2.99. The van der Waals surface area contributed by atoms with Crippen LogP contribution < -0.4 is 5.32 Å². The van der Waals surface area contributed by atoms with Crippen molar-refractivity contribution in [3.05, 3.63) is 28.0 Å². The van der Waals surface area contributed by atoms with Crippen molar-refractivity contribution in [3.63, 3.8) is 0 Å². The third-order valence-electron chi connectivity index (χ3n) is 3.04. The maximum Gasteiger partial charge on any atom is 0.0879 e. The molecule has 1 N–H and O–H groups in total. The van der Waals surface area contributed by atoms with Crippen molar-refractivity contribution >= 4 is 11.5 Å². The normalized spacial score (nSPS) is 12.9. The van der Waals surface area contributed by atoms with E-state index in [2.05, 4.69) is 40.8 Å². The van der Waals surface area contributed by atoms with Crippen molar-refractivity contribution in [1.29, 1.82) is 0 Å². The fraction of sp³-hybridized carbons (Fsp3) is 0.583. The summed E-state index contributed by atoms with van der Waals surface area (Å²) in [7, 11) is 1.98. The van der Waals surface area contributed by atoms with Crippen molar-refractivity contribution in [3.8, 4) is 0 Å². The van der Waals surface area contributed by atoms with Gasteiger partial charge in [0, 0.05) is 7.05 Å². The molecule has 0 saturated carbocycles. The van der Waals surface area contributed by atoms with Crippen LogP contribution in [0.4, 0.5) is 0 Å². The predicted octanol–water partition coefficient (Wildman–Crippen LogP) is 1.84. The van der Waals surface area contributed by atoms with Gasteiger partial charge in [-0.3, -0.25) is 4.68 Å². The molecule has 0 radical (unpaired) electrons. The topological polar surface area (TPSA) is 55.6 Å². The summed E-state index contributed by atoms with van der Waals surface area (Å²) in [5, 5.41) is 12.0. The molecule has 1 atom stereocenters. The molecule has 0 aliphatic rings. The Bertz CT molecular complexity index is 497. The van der Waals surface area contributed by atoms with E-state index in [1.54, 1.807) is 0 Å². The Kier molecular flexibility index (Phi) is 4.08. The molecule has 0 saturated heterocycles. The Morgan fingerprint density at radius 3 is 2.78 bits per heavy atom. The molecule has 18 heavy (non-hydrogen) atoms. The molecule has 2 rings (SSSR count). The van der Waals surface area contributed by atoms with Crippen LogP contribution in [0.2, 0.25) is 0 Å². The lowest BCUT2D eigenvalue weighted by Crippen LogP contribution is -2.25. The molecule has 0 amide bonds. The van der Waals surface area contributed by atoms with Crippen molar-refractivity contribution < 1.29 is 0 Å². The first-order chi connectivity index (χ1) is 8.69. The molecule has 1 unspecified atom stereocenters. The van der Waals surface area contributed by atoms with E-state index in [0.717, 1.165) is 18.7 Å². The molecule has 5 nitrogen and oxygen atoms in total. The molecule has 2 aromatic heterocycles. The summed E-state index contributed by atoms with van der Waals surface area (Å²) < 4.78 is 6.02. The molecule has 0 bridgehead atoms. The molecule has 2 heterocycles. The Hall–Kier alpha value is -1.27. The highest BCUT2D eigenvalue weighted by atomic mass is 32.1. The summed E-state index contributed by atoms with van der Waals surface area (Å²) in [6.45, 7) is 7.21. The third-order valence-corrected chi connectivity index (χ3v) is 3.87. The summed E-state index contributed by atoms with van der Waals surface area (Å²) >= 11 is 1.47. The molecular weight excluding hydrogens is 246 g/mol. The average molecular weight is 265 g/mol. The van der Waals surface area contributed by atoms with Gasteiger partial charge in [0.1, 0.15) is 0 Å². The van der Waals surface area contributed by atoms with Crippen LogP contribution in [-0.2, 0) is 13.5 Å². The lowest BCUT2D eigenvalue weighted by atomic mass is 10.1. The number of hydrogen-bond donors (Lipinski definition) is 1. The zero-order chi connectivity index (χ0) is 13.1. The van der Waals surface area contributed by atoms with Gasteiger partial charge >= 0.3 is 0 Å². The first-order valence-electron chi connectivity index (χ1n) is 6.22. The van der Waals surface area contributed by atoms with E-state index in [0.29, 0.717) is 0 Å². The van der Waals surface area contributed by atoms with Crippen LogP contribution in [0, 0.1) is 6.92 Å². The van der Waals surface area contributed by atoms with Gasteiger partial charge in [0.15, 0.2) is 0 Å². The van der Waals surface area contributed by atoms with E-state index in [1.165, 1.54) is 27.7 Å². The fourth-order valence-electron chi connectivity index (χ4n) is 2.17. The highest BCUT2D eigenvalue weighted by molar-refractivity contribution is 7.05. The summed E-state index contributed by atoms with van der Waals surface area (Å²) in [4.78, 5) is 1.20. The van der Waals surface area contributed by atoms with Gasteiger partial charge in [-0.15, -0.1) is 5.10 Å². The van der Waals surface area contributed by atoms with E-state index in [4.69, 9.17) is 0 Å². The molecule has 6 heteroatoms. The number of aromatic nitrogens is 4. The standard InChI is InChI=1S/C12H19N5S/c1-5-9-12(18-16-15-9)10(13-6-2)11-8(3)7-14-17(11)4/h7,10,13H,5-6H2,1-4H3. The van der Waals surface area contributed by atoms with E-state index < -0.39 is 0 Å². The minimum atomic E-state index is 0.137. The van der Waals surface area contributed by atoms with E-state index in [9.17, 15) is 0 Å². The van der Waals surface area contributed by atoms with Crippen LogP contribution in [0.1, 0.15) is 41.7 Å². The van der Waals surface area contributed by atoms with Crippen LogP contribution in [-0.4, -0.2) is 25.9 Å².